The molecule has 0 radical (unpaired) electrons. The van der Waals surface area contributed by atoms with E-state index < -0.39 is 0 Å². The Morgan fingerprint density at radius 3 is 2.79 bits per heavy atom. The van der Waals surface area contributed by atoms with Gasteiger partial charge in [0.1, 0.15) is 16.8 Å². The van der Waals surface area contributed by atoms with Crippen molar-refractivity contribution in [2.24, 2.45) is 5.92 Å². The van der Waals surface area contributed by atoms with Crippen molar-refractivity contribution in [2.75, 3.05) is 11.9 Å². The number of ether oxygens (including phenoxy) is 1. The average Bonchev–Trinajstić information content (AvgIpc) is 3.15. The van der Waals surface area contributed by atoms with E-state index >= 15 is 0 Å². The molecule has 2 fully saturated rings. The number of aromatic nitrogens is 2. The van der Waals surface area contributed by atoms with Crippen LogP contribution in [-0.2, 0) is 11.2 Å². The largest absolute Gasteiger partial charge is 0.376 e. The van der Waals surface area contributed by atoms with E-state index in [0.29, 0.717) is 17.3 Å². The molecule has 1 aliphatic carbocycles. The molecule has 1 saturated carbocycles. The standard InChI is InChI=1S/C14H20ClN3O/c1-3-11-17-13(15)8(2)14(18-11)16-10-6-7-19-12(10)9-4-5-9/h9-10,12H,3-7H2,1-2H3,(H,16,17,18). The lowest BCUT2D eigenvalue weighted by atomic mass is 10.1. The Kier molecular flexibility index (Phi) is 3.63. The highest BCUT2D eigenvalue weighted by molar-refractivity contribution is 6.30. The summed E-state index contributed by atoms with van der Waals surface area (Å²) in [6.07, 6.45) is 4.78. The number of hydrogen-bond acceptors (Lipinski definition) is 4. The van der Waals surface area contributed by atoms with E-state index in [1.165, 1.54) is 12.8 Å². The zero-order chi connectivity index (χ0) is 13.4. The lowest BCUT2D eigenvalue weighted by Gasteiger charge is -2.21. The van der Waals surface area contributed by atoms with Gasteiger partial charge in [0, 0.05) is 18.6 Å². The van der Waals surface area contributed by atoms with Gasteiger partial charge in [0.15, 0.2) is 0 Å². The maximum atomic E-state index is 6.17. The minimum Gasteiger partial charge on any atom is -0.376 e. The SMILES string of the molecule is CCc1nc(Cl)c(C)c(NC2CCOC2C2CC2)n1. The summed E-state index contributed by atoms with van der Waals surface area (Å²) in [5.41, 5.74) is 0.931. The third-order valence-corrected chi connectivity index (χ3v) is 4.36. The van der Waals surface area contributed by atoms with Gasteiger partial charge in [-0.15, -0.1) is 0 Å². The lowest BCUT2D eigenvalue weighted by molar-refractivity contribution is 0.0898. The number of hydrogen-bond donors (Lipinski definition) is 1. The van der Waals surface area contributed by atoms with Crippen molar-refractivity contribution in [1.29, 1.82) is 0 Å². The number of halogens is 1. The first-order chi connectivity index (χ1) is 9.19. The van der Waals surface area contributed by atoms with E-state index in [2.05, 4.69) is 15.3 Å². The second-order valence-electron chi connectivity index (χ2n) is 5.47. The molecule has 2 unspecified atom stereocenters. The molecule has 1 aromatic heterocycles. The molecule has 19 heavy (non-hydrogen) atoms. The molecule has 5 heteroatoms. The normalized spacial score (nSPS) is 26.7. The molecular formula is C14H20ClN3O. The topological polar surface area (TPSA) is 47.0 Å². The lowest BCUT2D eigenvalue weighted by Crippen LogP contribution is -2.31. The number of anilines is 1. The van der Waals surface area contributed by atoms with Crippen molar-refractivity contribution < 1.29 is 4.74 Å². The first-order valence-corrected chi connectivity index (χ1v) is 7.48. The van der Waals surface area contributed by atoms with Crippen LogP contribution in [0.25, 0.3) is 0 Å². The molecule has 2 heterocycles. The molecule has 104 valence electrons. The number of nitrogens with one attached hydrogen (secondary N) is 1. The van der Waals surface area contributed by atoms with Crippen LogP contribution in [0.4, 0.5) is 5.82 Å². The Bertz CT molecular complexity index is 476. The van der Waals surface area contributed by atoms with Gasteiger partial charge in [0.05, 0.1) is 12.1 Å². The summed E-state index contributed by atoms with van der Waals surface area (Å²) in [7, 11) is 0. The fourth-order valence-electron chi connectivity index (χ4n) is 2.66. The van der Waals surface area contributed by atoms with Crippen molar-refractivity contribution >= 4 is 17.4 Å². The van der Waals surface area contributed by atoms with Gasteiger partial charge in [-0.25, -0.2) is 9.97 Å². The summed E-state index contributed by atoms with van der Waals surface area (Å²) in [6.45, 7) is 4.85. The summed E-state index contributed by atoms with van der Waals surface area (Å²) in [5, 5.41) is 4.09. The molecule has 1 N–H and O–H groups in total. The number of nitrogens with zero attached hydrogens (tertiary/aromatic N) is 2. The fourth-order valence-corrected chi connectivity index (χ4v) is 2.85. The van der Waals surface area contributed by atoms with Crippen LogP contribution in [0.15, 0.2) is 0 Å². The summed E-state index contributed by atoms with van der Waals surface area (Å²) in [6, 6.07) is 0.363. The fraction of sp³-hybridized carbons (Fsp3) is 0.714. The van der Waals surface area contributed by atoms with E-state index in [0.717, 1.165) is 42.6 Å². The van der Waals surface area contributed by atoms with Crippen LogP contribution < -0.4 is 5.32 Å². The maximum Gasteiger partial charge on any atom is 0.137 e. The number of rotatable bonds is 4. The smallest absolute Gasteiger partial charge is 0.137 e. The zero-order valence-corrected chi connectivity index (χ0v) is 12.2. The van der Waals surface area contributed by atoms with Gasteiger partial charge in [0.25, 0.3) is 0 Å². The highest BCUT2D eigenvalue weighted by Crippen LogP contribution is 2.39. The second kappa shape index (κ2) is 5.25. The molecule has 2 aliphatic rings. The first kappa shape index (κ1) is 13.1. The molecule has 0 aromatic carbocycles. The van der Waals surface area contributed by atoms with Gasteiger partial charge in [-0.2, -0.15) is 0 Å². The van der Waals surface area contributed by atoms with E-state index in [1.54, 1.807) is 0 Å². The van der Waals surface area contributed by atoms with Crippen LogP contribution >= 0.6 is 11.6 Å². The summed E-state index contributed by atoms with van der Waals surface area (Å²) >= 11 is 6.17. The van der Waals surface area contributed by atoms with E-state index in [1.807, 2.05) is 13.8 Å². The van der Waals surface area contributed by atoms with Crippen LogP contribution in [0.2, 0.25) is 5.15 Å². The van der Waals surface area contributed by atoms with E-state index in [9.17, 15) is 0 Å². The molecule has 1 aliphatic heterocycles. The Morgan fingerprint density at radius 2 is 2.11 bits per heavy atom. The Balaban J connectivity index is 1.80. The van der Waals surface area contributed by atoms with Crippen LogP contribution in [0.3, 0.4) is 0 Å². The monoisotopic (exact) mass is 281 g/mol. The van der Waals surface area contributed by atoms with Crippen molar-refractivity contribution in [2.45, 2.75) is 51.7 Å². The van der Waals surface area contributed by atoms with Crippen LogP contribution in [0, 0.1) is 12.8 Å². The molecule has 1 aromatic rings. The van der Waals surface area contributed by atoms with Gasteiger partial charge in [-0.05, 0) is 32.1 Å². The first-order valence-electron chi connectivity index (χ1n) is 7.10. The van der Waals surface area contributed by atoms with Crippen LogP contribution in [0.5, 0.6) is 0 Å². The minimum absolute atomic E-state index is 0.346. The molecular weight excluding hydrogens is 262 g/mol. The Labute approximate surface area is 118 Å². The predicted molar refractivity (Wildman–Crippen MR) is 75.6 cm³/mol. The maximum absolute atomic E-state index is 6.17. The van der Waals surface area contributed by atoms with Crippen LogP contribution in [0.1, 0.15) is 37.6 Å². The summed E-state index contributed by atoms with van der Waals surface area (Å²) in [5.74, 6) is 2.40. The zero-order valence-electron chi connectivity index (χ0n) is 11.4. The molecule has 1 saturated heterocycles. The highest BCUT2D eigenvalue weighted by atomic mass is 35.5. The summed E-state index contributed by atoms with van der Waals surface area (Å²) < 4.78 is 5.85. The number of aryl methyl sites for hydroxylation is 1. The molecule has 0 spiro atoms. The molecule has 3 rings (SSSR count). The molecule has 4 nitrogen and oxygen atoms in total. The van der Waals surface area contributed by atoms with Gasteiger partial charge in [0.2, 0.25) is 0 Å². The third-order valence-electron chi connectivity index (χ3n) is 3.99. The highest BCUT2D eigenvalue weighted by Gasteiger charge is 2.40. The van der Waals surface area contributed by atoms with Gasteiger partial charge >= 0.3 is 0 Å². The van der Waals surface area contributed by atoms with Gasteiger partial charge in [-0.1, -0.05) is 18.5 Å². The predicted octanol–water partition coefficient (Wildman–Crippen LogP) is 2.98. The van der Waals surface area contributed by atoms with E-state index in [4.69, 9.17) is 16.3 Å². The summed E-state index contributed by atoms with van der Waals surface area (Å²) in [4.78, 5) is 8.84. The average molecular weight is 282 g/mol. The Morgan fingerprint density at radius 1 is 1.32 bits per heavy atom. The van der Waals surface area contributed by atoms with Crippen molar-refractivity contribution in [3.63, 3.8) is 0 Å². The minimum atomic E-state index is 0.346. The molecule has 0 bridgehead atoms. The second-order valence-corrected chi connectivity index (χ2v) is 5.83. The Hall–Kier alpha value is -0.870. The molecule has 2 atom stereocenters. The van der Waals surface area contributed by atoms with Crippen molar-refractivity contribution in [3.05, 3.63) is 16.5 Å². The molecule has 0 amide bonds. The quantitative estimate of drug-likeness (QED) is 0.862. The van der Waals surface area contributed by atoms with Gasteiger partial charge in [-0.3, -0.25) is 0 Å². The van der Waals surface area contributed by atoms with Gasteiger partial charge < -0.3 is 10.1 Å². The van der Waals surface area contributed by atoms with Crippen molar-refractivity contribution in [3.8, 4) is 0 Å². The van der Waals surface area contributed by atoms with Crippen LogP contribution in [-0.4, -0.2) is 28.7 Å². The third kappa shape index (κ3) is 2.70. The van der Waals surface area contributed by atoms with E-state index in [-0.39, 0.29) is 0 Å². The van der Waals surface area contributed by atoms with Crippen molar-refractivity contribution in [1.82, 2.24) is 9.97 Å².